The van der Waals surface area contributed by atoms with E-state index < -0.39 is 6.43 Å². The third kappa shape index (κ3) is 2.47. The molecule has 0 fully saturated rings. The second kappa shape index (κ2) is 4.46. The van der Waals surface area contributed by atoms with E-state index in [9.17, 15) is 8.78 Å². The number of aryl methyl sites for hydroxylation is 1. The summed E-state index contributed by atoms with van der Waals surface area (Å²) in [5.74, 6) is 0. The molecule has 0 unspecified atom stereocenters. The Bertz CT molecular complexity index is 315. The van der Waals surface area contributed by atoms with Crippen LogP contribution in [0.1, 0.15) is 23.2 Å². The monoisotopic (exact) mass is 313 g/mol. The van der Waals surface area contributed by atoms with Crippen LogP contribution in [-0.2, 0) is 5.33 Å². The lowest BCUT2D eigenvalue weighted by Crippen LogP contribution is -1.98. The number of hydrogen-bond donors (Lipinski definition) is 0. The lowest BCUT2D eigenvalue weighted by Gasteiger charge is -2.09. The van der Waals surface area contributed by atoms with Crippen LogP contribution in [0.3, 0.4) is 0 Å². The minimum Gasteiger partial charge on any atom is -0.246 e. The highest BCUT2D eigenvalue weighted by Gasteiger charge is 2.15. The van der Waals surface area contributed by atoms with E-state index in [1.54, 1.807) is 6.92 Å². The van der Waals surface area contributed by atoms with Crippen molar-refractivity contribution in [2.45, 2.75) is 18.7 Å². The smallest absolute Gasteiger partial charge is 0.246 e. The fourth-order valence-electron chi connectivity index (χ4n) is 1.05. The summed E-state index contributed by atoms with van der Waals surface area (Å²) in [6.45, 7) is 1.72. The molecule has 1 aromatic rings. The number of hydrogen-bond acceptors (Lipinski definition) is 1. The summed E-state index contributed by atoms with van der Waals surface area (Å²) in [6, 6.07) is 1.36. The van der Waals surface area contributed by atoms with Crippen LogP contribution in [-0.4, -0.2) is 4.98 Å². The molecule has 0 aliphatic heterocycles. The third-order valence-electron chi connectivity index (χ3n) is 1.70. The van der Waals surface area contributed by atoms with E-state index in [1.165, 1.54) is 6.07 Å². The van der Waals surface area contributed by atoms with Gasteiger partial charge in [0.1, 0.15) is 4.60 Å². The number of nitrogens with zero attached hydrogens (tertiary/aromatic N) is 1. The molecule has 0 atom stereocenters. The summed E-state index contributed by atoms with van der Waals surface area (Å²) in [4.78, 5) is 4.04. The van der Waals surface area contributed by atoms with Crippen LogP contribution >= 0.6 is 31.9 Å². The second-order valence-corrected chi connectivity index (χ2v) is 3.91. The van der Waals surface area contributed by atoms with E-state index >= 15 is 0 Å². The number of rotatable bonds is 2. The molecule has 0 bridgehead atoms. The topological polar surface area (TPSA) is 12.9 Å². The highest BCUT2D eigenvalue weighted by atomic mass is 79.9. The average Bonchev–Trinajstić information content (AvgIpc) is 2.02. The van der Waals surface area contributed by atoms with E-state index in [0.29, 0.717) is 21.2 Å². The Labute approximate surface area is 91.8 Å². The summed E-state index contributed by atoms with van der Waals surface area (Å²) in [7, 11) is 0. The summed E-state index contributed by atoms with van der Waals surface area (Å²) in [6.07, 6.45) is -2.45. The maximum atomic E-state index is 12.5. The van der Waals surface area contributed by atoms with Crippen LogP contribution in [0.4, 0.5) is 8.78 Å². The molecule has 0 spiro atoms. The van der Waals surface area contributed by atoms with Crippen molar-refractivity contribution >= 4 is 31.9 Å². The van der Waals surface area contributed by atoms with E-state index in [0.717, 1.165) is 0 Å². The molecule has 0 radical (unpaired) electrons. The van der Waals surface area contributed by atoms with E-state index in [1.807, 2.05) is 0 Å². The minimum atomic E-state index is -2.45. The predicted octanol–water partition coefficient (Wildman–Crippen LogP) is 3.99. The van der Waals surface area contributed by atoms with Gasteiger partial charge < -0.3 is 0 Å². The molecule has 0 aliphatic rings. The molecule has 0 amide bonds. The minimum absolute atomic E-state index is 0.0382. The highest BCUT2D eigenvalue weighted by molar-refractivity contribution is 9.10. The summed E-state index contributed by atoms with van der Waals surface area (Å²) < 4.78 is 25.5. The Balaban J connectivity index is 3.29. The fraction of sp³-hybridized carbons (Fsp3) is 0.375. The van der Waals surface area contributed by atoms with Gasteiger partial charge in [-0.25, -0.2) is 13.8 Å². The maximum Gasteiger partial charge on any atom is 0.264 e. The Morgan fingerprint density at radius 1 is 1.54 bits per heavy atom. The molecule has 0 N–H and O–H groups in total. The van der Waals surface area contributed by atoms with Gasteiger partial charge in [-0.3, -0.25) is 0 Å². The number of alkyl halides is 3. The van der Waals surface area contributed by atoms with Crippen LogP contribution in [0.2, 0.25) is 0 Å². The first-order valence-electron chi connectivity index (χ1n) is 3.56. The summed E-state index contributed by atoms with van der Waals surface area (Å²) in [5, 5.41) is 0.402. The van der Waals surface area contributed by atoms with Crippen molar-refractivity contribution in [1.29, 1.82) is 0 Å². The third-order valence-corrected chi connectivity index (χ3v) is 2.67. The lowest BCUT2D eigenvalue weighted by atomic mass is 10.1. The first-order chi connectivity index (χ1) is 6.06. The van der Waals surface area contributed by atoms with Crippen LogP contribution in [0, 0.1) is 6.92 Å². The molecule has 1 aromatic heterocycles. The van der Waals surface area contributed by atoms with Crippen molar-refractivity contribution in [2.75, 3.05) is 0 Å². The van der Waals surface area contributed by atoms with Crippen LogP contribution < -0.4 is 0 Å². The van der Waals surface area contributed by atoms with Gasteiger partial charge in [0.25, 0.3) is 6.43 Å². The number of halogens is 4. The molecule has 1 heterocycles. The van der Waals surface area contributed by atoms with Gasteiger partial charge in [-0.1, -0.05) is 15.9 Å². The molecule has 0 aliphatic carbocycles. The highest BCUT2D eigenvalue weighted by Crippen LogP contribution is 2.28. The quantitative estimate of drug-likeness (QED) is 0.594. The fourth-order valence-corrected chi connectivity index (χ4v) is 2.29. The van der Waals surface area contributed by atoms with Crippen LogP contribution in [0.25, 0.3) is 0 Å². The van der Waals surface area contributed by atoms with E-state index in [2.05, 4.69) is 36.8 Å². The van der Waals surface area contributed by atoms with E-state index in [-0.39, 0.29) is 5.56 Å². The van der Waals surface area contributed by atoms with Crippen molar-refractivity contribution in [2.24, 2.45) is 0 Å². The Morgan fingerprint density at radius 2 is 2.15 bits per heavy atom. The molecular formula is C8H7Br2F2N. The summed E-state index contributed by atoms with van der Waals surface area (Å²) in [5.41, 5.74) is 1.23. The van der Waals surface area contributed by atoms with E-state index in [4.69, 9.17) is 0 Å². The van der Waals surface area contributed by atoms with Crippen molar-refractivity contribution in [3.8, 4) is 0 Å². The van der Waals surface area contributed by atoms with Gasteiger partial charge in [-0.15, -0.1) is 0 Å². The predicted molar refractivity (Wildman–Crippen MR) is 54.3 cm³/mol. The van der Waals surface area contributed by atoms with Crippen LogP contribution in [0.5, 0.6) is 0 Å². The molecule has 0 aromatic carbocycles. The van der Waals surface area contributed by atoms with Crippen molar-refractivity contribution in [3.63, 3.8) is 0 Å². The normalized spacial score (nSPS) is 10.9. The van der Waals surface area contributed by atoms with Gasteiger partial charge >= 0.3 is 0 Å². The zero-order valence-corrected chi connectivity index (χ0v) is 9.99. The molecule has 5 heteroatoms. The number of aromatic nitrogens is 1. The standard InChI is InChI=1S/C8H7Br2F2N/c1-4-6(3-9)5(8(11)12)2-7(10)13-4/h2,8H,3H2,1H3. The Kier molecular flexibility index (Phi) is 3.79. The largest absolute Gasteiger partial charge is 0.264 e. The molecule has 13 heavy (non-hydrogen) atoms. The van der Waals surface area contributed by atoms with Gasteiger partial charge in [0, 0.05) is 16.6 Å². The lowest BCUT2D eigenvalue weighted by molar-refractivity contribution is 0.150. The van der Waals surface area contributed by atoms with Gasteiger partial charge in [0.2, 0.25) is 0 Å². The average molecular weight is 315 g/mol. The molecule has 72 valence electrons. The maximum absolute atomic E-state index is 12.5. The van der Waals surface area contributed by atoms with Crippen LogP contribution in [0.15, 0.2) is 10.7 Å². The molecular weight excluding hydrogens is 308 g/mol. The Morgan fingerprint density at radius 3 is 2.62 bits per heavy atom. The second-order valence-electron chi connectivity index (χ2n) is 2.53. The zero-order chi connectivity index (χ0) is 10.0. The SMILES string of the molecule is Cc1nc(Br)cc(C(F)F)c1CBr. The van der Waals surface area contributed by atoms with Gasteiger partial charge in [0.05, 0.1) is 0 Å². The zero-order valence-electron chi connectivity index (χ0n) is 6.82. The van der Waals surface area contributed by atoms with Gasteiger partial charge in [-0.2, -0.15) is 0 Å². The van der Waals surface area contributed by atoms with Crippen molar-refractivity contribution in [3.05, 3.63) is 27.5 Å². The van der Waals surface area contributed by atoms with Crippen molar-refractivity contribution < 1.29 is 8.78 Å². The van der Waals surface area contributed by atoms with Gasteiger partial charge in [0.15, 0.2) is 0 Å². The summed E-state index contributed by atoms with van der Waals surface area (Å²) >= 11 is 6.25. The molecule has 0 saturated carbocycles. The first kappa shape index (κ1) is 11.0. The van der Waals surface area contributed by atoms with Gasteiger partial charge in [-0.05, 0) is 34.5 Å². The Hall–Kier alpha value is -0.0300. The molecule has 0 saturated heterocycles. The first-order valence-corrected chi connectivity index (χ1v) is 5.47. The molecule has 1 rings (SSSR count). The number of pyridine rings is 1. The van der Waals surface area contributed by atoms with Crippen molar-refractivity contribution in [1.82, 2.24) is 4.98 Å². The molecule has 1 nitrogen and oxygen atoms in total.